The summed E-state index contributed by atoms with van der Waals surface area (Å²) in [6.07, 6.45) is 14.7. The average molecular weight is 292 g/mol. The van der Waals surface area contributed by atoms with E-state index in [0.717, 1.165) is 29.4 Å². The van der Waals surface area contributed by atoms with E-state index in [1.807, 2.05) is 0 Å². The fraction of sp³-hybridized carbons (Fsp3) is 0.667. The van der Waals surface area contributed by atoms with E-state index < -0.39 is 0 Å². The van der Waals surface area contributed by atoms with Gasteiger partial charge in [0.05, 0.1) is 5.69 Å². The van der Waals surface area contributed by atoms with E-state index in [1.165, 1.54) is 38.5 Å². The van der Waals surface area contributed by atoms with E-state index in [1.54, 1.807) is 11.3 Å². The molecule has 0 aliphatic heterocycles. The fourth-order valence-corrected chi connectivity index (χ4v) is 4.00. The van der Waals surface area contributed by atoms with Crippen molar-refractivity contribution in [3.8, 4) is 0 Å². The minimum absolute atomic E-state index is 0.349. The van der Waals surface area contributed by atoms with Crippen molar-refractivity contribution in [2.45, 2.75) is 57.4 Å². The van der Waals surface area contributed by atoms with Crippen molar-refractivity contribution in [2.75, 3.05) is 0 Å². The number of fused-ring (bicyclic) bond motifs is 1. The van der Waals surface area contributed by atoms with Gasteiger partial charge in [0.25, 0.3) is 0 Å². The van der Waals surface area contributed by atoms with Crippen LogP contribution >= 0.6 is 11.3 Å². The Balaban J connectivity index is 1.52. The Bertz CT molecular complexity index is 498. The Labute approximate surface area is 124 Å². The molecule has 1 unspecified atom stereocenters. The van der Waals surface area contributed by atoms with Crippen LogP contribution in [0.1, 0.15) is 50.6 Å². The van der Waals surface area contributed by atoms with Crippen molar-refractivity contribution >= 4 is 16.3 Å². The Morgan fingerprint density at radius 3 is 3.00 bits per heavy atom. The standard InChI is InChI=1S/C15H24N4S/c16-18-13(7-6-12-4-2-1-3-5-12)10-14-11-19-8-9-20-15(19)17-14/h8-9,11-13,18H,1-7,10,16H2. The molecule has 0 aromatic carbocycles. The topological polar surface area (TPSA) is 55.3 Å². The van der Waals surface area contributed by atoms with E-state index in [9.17, 15) is 0 Å². The maximum absolute atomic E-state index is 5.72. The van der Waals surface area contributed by atoms with Gasteiger partial charge in [0.15, 0.2) is 4.96 Å². The Hall–Kier alpha value is -0.910. The molecule has 4 nitrogen and oxygen atoms in total. The fourth-order valence-electron chi connectivity index (χ4n) is 3.28. The quantitative estimate of drug-likeness (QED) is 0.635. The SMILES string of the molecule is NNC(CCC1CCCCC1)Cc1cn2ccsc2n1. The molecule has 1 aliphatic carbocycles. The second-order valence-electron chi connectivity index (χ2n) is 5.97. The summed E-state index contributed by atoms with van der Waals surface area (Å²) in [7, 11) is 0. The molecule has 1 fully saturated rings. The lowest BCUT2D eigenvalue weighted by atomic mass is 9.85. The number of thiazole rings is 1. The van der Waals surface area contributed by atoms with Crippen LogP contribution < -0.4 is 11.3 Å². The zero-order valence-electron chi connectivity index (χ0n) is 11.9. The summed E-state index contributed by atoms with van der Waals surface area (Å²) in [6, 6.07) is 0.349. The molecule has 5 heteroatoms. The maximum atomic E-state index is 5.72. The molecule has 3 rings (SSSR count). The van der Waals surface area contributed by atoms with Crippen LogP contribution in [-0.4, -0.2) is 15.4 Å². The molecular weight excluding hydrogens is 268 g/mol. The highest BCUT2D eigenvalue weighted by Gasteiger charge is 2.17. The zero-order chi connectivity index (χ0) is 13.8. The molecule has 0 saturated heterocycles. The third kappa shape index (κ3) is 3.40. The second-order valence-corrected chi connectivity index (χ2v) is 6.85. The summed E-state index contributed by atoms with van der Waals surface area (Å²) in [6.45, 7) is 0. The number of hydrogen-bond acceptors (Lipinski definition) is 4. The molecule has 2 aromatic rings. The van der Waals surface area contributed by atoms with Gasteiger partial charge >= 0.3 is 0 Å². The summed E-state index contributed by atoms with van der Waals surface area (Å²) in [5.74, 6) is 6.65. The van der Waals surface area contributed by atoms with Gasteiger partial charge in [-0.2, -0.15) is 0 Å². The van der Waals surface area contributed by atoms with Gasteiger partial charge in [0.1, 0.15) is 0 Å². The van der Waals surface area contributed by atoms with Gasteiger partial charge < -0.3 is 0 Å². The predicted molar refractivity (Wildman–Crippen MR) is 83.7 cm³/mol. The van der Waals surface area contributed by atoms with Crippen LogP contribution in [0, 0.1) is 5.92 Å². The van der Waals surface area contributed by atoms with Gasteiger partial charge in [-0.3, -0.25) is 15.7 Å². The highest BCUT2D eigenvalue weighted by atomic mass is 32.1. The highest BCUT2D eigenvalue weighted by molar-refractivity contribution is 7.15. The normalized spacial score (nSPS) is 18.6. The predicted octanol–water partition coefficient (Wildman–Crippen LogP) is 3.13. The van der Waals surface area contributed by atoms with E-state index >= 15 is 0 Å². The van der Waals surface area contributed by atoms with E-state index in [-0.39, 0.29) is 0 Å². The molecule has 0 amide bonds. The molecule has 1 saturated carbocycles. The van der Waals surface area contributed by atoms with Gasteiger partial charge in [-0.05, 0) is 18.8 Å². The third-order valence-electron chi connectivity index (χ3n) is 4.48. The molecular formula is C15H24N4S. The van der Waals surface area contributed by atoms with Gasteiger partial charge in [0, 0.05) is 30.2 Å². The minimum Gasteiger partial charge on any atom is -0.297 e. The van der Waals surface area contributed by atoms with Crippen LogP contribution in [0.5, 0.6) is 0 Å². The number of nitrogens with one attached hydrogen (secondary N) is 1. The molecule has 2 aromatic heterocycles. The molecule has 1 aliphatic rings. The number of nitrogens with two attached hydrogens (primary N) is 1. The summed E-state index contributed by atoms with van der Waals surface area (Å²) in [5, 5.41) is 2.06. The van der Waals surface area contributed by atoms with E-state index in [4.69, 9.17) is 5.84 Å². The molecule has 20 heavy (non-hydrogen) atoms. The lowest BCUT2D eigenvalue weighted by Gasteiger charge is -2.23. The summed E-state index contributed by atoms with van der Waals surface area (Å²) < 4.78 is 2.09. The third-order valence-corrected chi connectivity index (χ3v) is 5.25. The van der Waals surface area contributed by atoms with E-state index in [0.29, 0.717) is 6.04 Å². The molecule has 110 valence electrons. The van der Waals surface area contributed by atoms with Gasteiger partial charge in [0.2, 0.25) is 0 Å². The van der Waals surface area contributed by atoms with Crippen LogP contribution in [0.25, 0.3) is 4.96 Å². The molecule has 1 atom stereocenters. The summed E-state index contributed by atoms with van der Waals surface area (Å²) >= 11 is 1.68. The Kier molecular flexibility index (Phi) is 4.70. The Morgan fingerprint density at radius 2 is 2.25 bits per heavy atom. The van der Waals surface area contributed by atoms with Gasteiger partial charge in [-0.1, -0.05) is 32.1 Å². The molecule has 0 bridgehead atoms. The first kappa shape index (κ1) is 14.0. The first-order valence-electron chi connectivity index (χ1n) is 7.72. The smallest absolute Gasteiger partial charge is 0.193 e. The number of nitrogens with zero attached hydrogens (tertiary/aromatic N) is 2. The van der Waals surface area contributed by atoms with Crippen LogP contribution in [0.15, 0.2) is 17.8 Å². The monoisotopic (exact) mass is 292 g/mol. The van der Waals surface area contributed by atoms with Crippen LogP contribution in [-0.2, 0) is 6.42 Å². The first-order chi connectivity index (χ1) is 9.85. The van der Waals surface area contributed by atoms with Crippen molar-refractivity contribution < 1.29 is 0 Å². The number of hydrazine groups is 1. The minimum atomic E-state index is 0.349. The number of imidazole rings is 1. The molecule has 2 heterocycles. The summed E-state index contributed by atoms with van der Waals surface area (Å²) in [5.41, 5.74) is 4.12. The average Bonchev–Trinajstić information content (AvgIpc) is 3.05. The van der Waals surface area contributed by atoms with Crippen molar-refractivity contribution in [1.29, 1.82) is 0 Å². The van der Waals surface area contributed by atoms with Crippen molar-refractivity contribution in [3.05, 3.63) is 23.5 Å². The number of hydrogen-bond donors (Lipinski definition) is 2. The van der Waals surface area contributed by atoms with E-state index in [2.05, 4.69) is 32.6 Å². The summed E-state index contributed by atoms with van der Waals surface area (Å²) in [4.78, 5) is 5.71. The first-order valence-corrected chi connectivity index (χ1v) is 8.60. The van der Waals surface area contributed by atoms with Gasteiger partial charge in [-0.25, -0.2) is 4.98 Å². The van der Waals surface area contributed by atoms with Gasteiger partial charge in [-0.15, -0.1) is 11.3 Å². The lowest BCUT2D eigenvalue weighted by molar-refractivity contribution is 0.312. The van der Waals surface area contributed by atoms with Crippen molar-refractivity contribution in [1.82, 2.24) is 14.8 Å². The van der Waals surface area contributed by atoms with Crippen LogP contribution in [0.3, 0.4) is 0 Å². The molecule has 3 N–H and O–H groups in total. The lowest BCUT2D eigenvalue weighted by Crippen LogP contribution is -2.37. The maximum Gasteiger partial charge on any atom is 0.193 e. The van der Waals surface area contributed by atoms with Crippen molar-refractivity contribution in [2.24, 2.45) is 11.8 Å². The number of rotatable bonds is 6. The number of aromatic nitrogens is 2. The van der Waals surface area contributed by atoms with Crippen LogP contribution in [0.4, 0.5) is 0 Å². The van der Waals surface area contributed by atoms with Crippen LogP contribution in [0.2, 0.25) is 0 Å². The Morgan fingerprint density at radius 1 is 1.40 bits per heavy atom. The largest absolute Gasteiger partial charge is 0.297 e. The zero-order valence-corrected chi connectivity index (χ0v) is 12.7. The highest BCUT2D eigenvalue weighted by Crippen LogP contribution is 2.28. The molecule has 0 radical (unpaired) electrons. The molecule has 0 spiro atoms. The van der Waals surface area contributed by atoms with Crippen molar-refractivity contribution in [3.63, 3.8) is 0 Å². The second kappa shape index (κ2) is 6.70.